The zero-order valence-corrected chi connectivity index (χ0v) is 11.2. The van der Waals surface area contributed by atoms with Crippen LogP contribution in [0.3, 0.4) is 0 Å². The van der Waals surface area contributed by atoms with Crippen LogP contribution in [0.5, 0.6) is 0 Å². The van der Waals surface area contributed by atoms with E-state index in [0.29, 0.717) is 0 Å². The number of fused-ring (bicyclic) bond motifs is 4. The highest BCUT2D eigenvalue weighted by atomic mass is 14.7. The van der Waals surface area contributed by atoms with Gasteiger partial charge < -0.3 is 4.98 Å². The van der Waals surface area contributed by atoms with Gasteiger partial charge in [0.25, 0.3) is 0 Å². The van der Waals surface area contributed by atoms with Gasteiger partial charge in [0, 0.05) is 34.4 Å². The van der Waals surface area contributed by atoms with Crippen LogP contribution in [0, 0.1) is 13.8 Å². The third-order valence-corrected chi connectivity index (χ3v) is 4.36. The van der Waals surface area contributed by atoms with Crippen LogP contribution in [0.4, 0.5) is 0 Å². The number of aromatic amines is 1. The minimum Gasteiger partial charge on any atom is -0.355 e. The van der Waals surface area contributed by atoms with Crippen LogP contribution in [0.1, 0.15) is 28.8 Å². The van der Waals surface area contributed by atoms with Crippen molar-refractivity contribution < 1.29 is 0 Å². The van der Waals surface area contributed by atoms with Crippen molar-refractivity contribution in [1.82, 2.24) is 9.97 Å². The molecule has 19 heavy (non-hydrogen) atoms. The molecule has 0 saturated heterocycles. The molecule has 2 heterocycles. The maximum Gasteiger partial charge on any atom is 0.0500 e. The zero-order chi connectivity index (χ0) is 13.0. The molecular weight excluding hydrogens is 232 g/mol. The smallest absolute Gasteiger partial charge is 0.0500 e. The third-order valence-electron chi connectivity index (χ3n) is 4.36. The molecular formula is C17H16N2. The number of H-pyrrole nitrogens is 1. The molecule has 0 bridgehead atoms. The van der Waals surface area contributed by atoms with Crippen LogP contribution in [0.15, 0.2) is 24.5 Å². The maximum absolute atomic E-state index is 4.29. The third kappa shape index (κ3) is 1.34. The fourth-order valence-corrected chi connectivity index (χ4v) is 3.37. The molecule has 2 heteroatoms. The van der Waals surface area contributed by atoms with Gasteiger partial charge in [-0.2, -0.15) is 0 Å². The number of hydrogen-bond acceptors (Lipinski definition) is 1. The molecule has 0 unspecified atom stereocenters. The number of nitrogens with zero attached hydrogens (tertiary/aromatic N) is 1. The Morgan fingerprint density at radius 1 is 1.16 bits per heavy atom. The number of allylic oxidation sites excluding steroid dienone is 1. The average Bonchev–Trinajstić information content (AvgIpc) is 2.84. The standard InChI is InChI=1S/C17H16N2/c1-10-14-9-18-8-7-12(14)11(2)17-16(10)13-5-3-4-6-15(13)19-17/h4,6-9,19H,3,5H2,1-2H3. The molecule has 0 amide bonds. The van der Waals surface area contributed by atoms with E-state index in [1.54, 1.807) is 0 Å². The van der Waals surface area contributed by atoms with Gasteiger partial charge in [-0.1, -0.05) is 6.08 Å². The van der Waals surface area contributed by atoms with E-state index in [0.717, 1.165) is 12.8 Å². The first-order chi connectivity index (χ1) is 9.27. The van der Waals surface area contributed by atoms with Gasteiger partial charge in [0.1, 0.15) is 0 Å². The first-order valence-electron chi connectivity index (χ1n) is 6.81. The Morgan fingerprint density at radius 2 is 2.05 bits per heavy atom. The SMILES string of the molecule is Cc1c2ccncc2c(C)c2c3c([nH]c12)C=CCC3. The van der Waals surface area contributed by atoms with E-state index in [9.17, 15) is 0 Å². The number of rotatable bonds is 0. The Morgan fingerprint density at radius 3 is 2.95 bits per heavy atom. The number of aryl methyl sites for hydroxylation is 3. The van der Waals surface area contributed by atoms with Gasteiger partial charge in [-0.05, 0) is 60.9 Å². The molecule has 0 atom stereocenters. The number of benzene rings is 1. The molecule has 0 saturated carbocycles. The molecule has 0 radical (unpaired) electrons. The highest BCUT2D eigenvalue weighted by molar-refractivity contribution is 6.06. The van der Waals surface area contributed by atoms with E-state index in [2.05, 4.69) is 42.0 Å². The van der Waals surface area contributed by atoms with Gasteiger partial charge in [0.15, 0.2) is 0 Å². The van der Waals surface area contributed by atoms with Crippen molar-refractivity contribution in [3.8, 4) is 0 Å². The summed E-state index contributed by atoms with van der Waals surface area (Å²) in [7, 11) is 0. The summed E-state index contributed by atoms with van der Waals surface area (Å²) < 4.78 is 0. The number of pyridine rings is 1. The molecule has 0 fully saturated rings. The monoisotopic (exact) mass is 248 g/mol. The fourth-order valence-electron chi connectivity index (χ4n) is 3.37. The Kier molecular flexibility index (Phi) is 2.10. The van der Waals surface area contributed by atoms with E-state index >= 15 is 0 Å². The van der Waals surface area contributed by atoms with Crippen molar-refractivity contribution >= 4 is 27.8 Å². The summed E-state index contributed by atoms with van der Waals surface area (Å²) in [6.07, 6.45) is 10.6. The number of hydrogen-bond donors (Lipinski definition) is 1. The van der Waals surface area contributed by atoms with Crippen LogP contribution in [0.25, 0.3) is 27.8 Å². The second-order valence-electron chi connectivity index (χ2n) is 5.38. The topological polar surface area (TPSA) is 28.7 Å². The Hall–Kier alpha value is -2.09. The molecule has 2 nitrogen and oxygen atoms in total. The lowest BCUT2D eigenvalue weighted by Gasteiger charge is -2.10. The molecule has 2 aromatic heterocycles. The Balaban J connectivity index is 2.28. The predicted molar refractivity (Wildman–Crippen MR) is 80.4 cm³/mol. The van der Waals surface area contributed by atoms with Crippen LogP contribution >= 0.6 is 0 Å². The van der Waals surface area contributed by atoms with E-state index in [4.69, 9.17) is 0 Å². The van der Waals surface area contributed by atoms with Crippen molar-refractivity contribution in [3.05, 3.63) is 46.9 Å². The Labute approximate surface area is 112 Å². The van der Waals surface area contributed by atoms with Crippen molar-refractivity contribution in [2.45, 2.75) is 26.7 Å². The lowest BCUT2D eigenvalue weighted by molar-refractivity contribution is 0.991. The lowest BCUT2D eigenvalue weighted by atomic mass is 9.93. The molecule has 1 aliphatic carbocycles. The first-order valence-corrected chi connectivity index (χ1v) is 6.81. The number of aromatic nitrogens is 2. The minimum absolute atomic E-state index is 1.14. The summed E-state index contributed by atoms with van der Waals surface area (Å²) in [4.78, 5) is 7.90. The lowest BCUT2D eigenvalue weighted by Crippen LogP contribution is -1.92. The van der Waals surface area contributed by atoms with Crippen molar-refractivity contribution in [2.75, 3.05) is 0 Å². The van der Waals surface area contributed by atoms with Crippen molar-refractivity contribution in [3.63, 3.8) is 0 Å². The minimum atomic E-state index is 1.14. The fraction of sp³-hybridized carbons (Fsp3) is 0.235. The quantitative estimate of drug-likeness (QED) is 0.631. The zero-order valence-electron chi connectivity index (χ0n) is 11.2. The molecule has 0 aliphatic heterocycles. The normalized spacial score (nSPS) is 14.2. The summed E-state index contributed by atoms with van der Waals surface area (Å²) in [5, 5.41) is 4.00. The average molecular weight is 248 g/mol. The van der Waals surface area contributed by atoms with E-state index in [1.165, 1.54) is 44.1 Å². The van der Waals surface area contributed by atoms with Crippen LogP contribution in [0.2, 0.25) is 0 Å². The Bertz CT molecular complexity index is 837. The summed E-state index contributed by atoms with van der Waals surface area (Å²) in [5.74, 6) is 0. The number of nitrogens with one attached hydrogen (secondary N) is 1. The maximum atomic E-state index is 4.29. The molecule has 0 spiro atoms. The van der Waals surface area contributed by atoms with Crippen LogP contribution in [-0.2, 0) is 6.42 Å². The summed E-state index contributed by atoms with van der Waals surface area (Å²) in [5.41, 5.74) is 6.75. The second-order valence-corrected chi connectivity index (χ2v) is 5.38. The van der Waals surface area contributed by atoms with E-state index in [-0.39, 0.29) is 0 Å². The van der Waals surface area contributed by atoms with Crippen LogP contribution < -0.4 is 0 Å². The van der Waals surface area contributed by atoms with Crippen molar-refractivity contribution in [1.29, 1.82) is 0 Å². The molecule has 94 valence electrons. The first kappa shape index (κ1) is 10.8. The molecule has 1 aromatic carbocycles. The van der Waals surface area contributed by atoms with Gasteiger partial charge in [-0.15, -0.1) is 0 Å². The van der Waals surface area contributed by atoms with E-state index in [1.807, 2.05) is 12.4 Å². The molecule has 1 aliphatic rings. The summed E-state index contributed by atoms with van der Waals surface area (Å²) >= 11 is 0. The summed E-state index contributed by atoms with van der Waals surface area (Å²) in [6, 6.07) is 2.12. The largest absolute Gasteiger partial charge is 0.355 e. The molecule has 3 aromatic rings. The summed E-state index contributed by atoms with van der Waals surface area (Å²) in [6.45, 7) is 4.42. The highest BCUT2D eigenvalue weighted by Gasteiger charge is 2.17. The van der Waals surface area contributed by atoms with Gasteiger partial charge >= 0.3 is 0 Å². The highest BCUT2D eigenvalue weighted by Crippen LogP contribution is 2.36. The molecule has 1 N–H and O–H groups in total. The second kappa shape index (κ2) is 3.70. The molecule has 4 rings (SSSR count). The van der Waals surface area contributed by atoms with Crippen LogP contribution in [-0.4, -0.2) is 9.97 Å². The van der Waals surface area contributed by atoms with Gasteiger partial charge in [-0.3, -0.25) is 4.98 Å². The van der Waals surface area contributed by atoms with Gasteiger partial charge in [0.2, 0.25) is 0 Å². The van der Waals surface area contributed by atoms with Gasteiger partial charge in [0.05, 0.1) is 0 Å². The van der Waals surface area contributed by atoms with E-state index < -0.39 is 0 Å². The predicted octanol–water partition coefficient (Wildman–Crippen LogP) is 4.29. The van der Waals surface area contributed by atoms with Gasteiger partial charge in [-0.25, -0.2) is 0 Å². The van der Waals surface area contributed by atoms with Crippen molar-refractivity contribution in [2.24, 2.45) is 0 Å².